The smallest absolute Gasteiger partial charge is 0.340 e. The highest BCUT2D eigenvalue weighted by molar-refractivity contribution is 9.10. The van der Waals surface area contributed by atoms with Gasteiger partial charge < -0.3 is 18.5 Å². The Morgan fingerprint density at radius 2 is 1.52 bits per heavy atom. The summed E-state index contributed by atoms with van der Waals surface area (Å²) in [5, 5.41) is 2.19. The van der Waals surface area contributed by atoms with Crippen molar-refractivity contribution in [2.24, 2.45) is 0 Å². The molecule has 0 saturated heterocycles. The molecule has 0 aliphatic carbocycles. The molecule has 0 unspecified atom stereocenters. The summed E-state index contributed by atoms with van der Waals surface area (Å²) in [5.41, 5.74) is 5.12. The molecule has 168 valence electrons. The Balaban J connectivity index is 2.13. The van der Waals surface area contributed by atoms with Crippen LogP contribution in [0, 0.1) is 13.8 Å². The molecule has 0 bridgehead atoms. The lowest BCUT2D eigenvalue weighted by Crippen LogP contribution is -2.18. The minimum atomic E-state index is -0.424. The van der Waals surface area contributed by atoms with E-state index in [1.807, 2.05) is 54.8 Å². The zero-order valence-corrected chi connectivity index (χ0v) is 20.3. The van der Waals surface area contributed by atoms with Crippen molar-refractivity contribution in [3.63, 3.8) is 0 Å². The lowest BCUT2D eigenvalue weighted by Gasteiger charge is -2.27. The Kier molecular flexibility index (Phi) is 5.16. The SMILES string of the molecule is CCOC(=O)c1c(C)c2oc3c(Br)cccc3n3c(C)c(C(=O)OCC)c4cccc1c4c2-3. The summed E-state index contributed by atoms with van der Waals surface area (Å²) in [5.74, 6) is -0.831. The van der Waals surface area contributed by atoms with Gasteiger partial charge in [0.15, 0.2) is 11.2 Å². The number of carbonyl (C=O) groups excluding carboxylic acids is 2. The van der Waals surface area contributed by atoms with Gasteiger partial charge in [-0.15, -0.1) is 0 Å². The third-order valence-corrected chi connectivity index (χ3v) is 6.67. The van der Waals surface area contributed by atoms with Crippen molar-refractivity contribution in [1.82, 2.24) is 4.57 Å². The van der Waals surface area contributed by atoms with Gasteiger partial charge in [0.25, 0.3) is 0 Å². The van der Waals surface area contributed by atoms with Gasteiger partial charge >= 0.3 is 11.9 Å². The number of rotatable bonds is 4. The molecule has 0 aromatic heterocycles. The number of esters is 2. The normalized spacial score (nSPS) is 11.7. The van der Waals surface area contributed by atoms with Crippen molar-refractivity contribution in [3.05, 3.63) is 63.3 Å². The average Bonchev–Trinajstić information content (AvgIpc) is 2.78. The summed E-state index contributed by atoms with van der Waals surface area (Å²) in [6, 6.07) is 11.4. The molecule has 7 heteroatoms. The molecule has 2 aliphatic heterocycles. The second-order valence-corrected chi connectivity index (χ2v) is 8.69. The molecule has 0 amide bonds. The van der Waals surface area contributed by atoms with E-state index in [1.54, 1.807) is 13.8 Å². The second-order valence-electron chi connectivity index (χ2n) is 7.83. The Bertz CT molecular complexity index is 1560. The summed E-state index contributed by atoms with van der Waals surface area (Å²) in [6.07, 6.45) is 0. The molecule has 33 heavy (non-hydrogen) atoms. The molecule has 5 rings (SSSR count). The zero-order valence-electron chi connectivity index (χ0n) is 18.7. The number of para-hydroxylation sites is 1. The standard InChI is InChI=1S/C26H22BrNO5/c1-5-31-25(29)19-13(3)23-22-21-15(19)9-7-10-16(21)20(26(30)32-6-2)14(4)28(22)18-12-8-11-17(27)24(18)33-23/h7-12H,5-6H2,1-4H3. The van der Waals surface area contributed by atoms with E-state index in [4.69, 9.17) is 13.9 Å². The van der Waals surface area contributed by atoms with Crippen molar-refractivity contribution >= 4 is 60.7 Å². The van der Waals surface area contributed by atoms with Gasteiger partial charge in [-0.2, -0.15) is 0 Å². The van der Waals surface area contributed by atoms with Gasteiger partial charge in [0.05, 0.1) is 40.0 Å². The number of carbonyl (C=O) groups is 2. The lowest BCUT2D eigenvalue weighted by atomic mass is 9.90. The fraction of sp³-hybridized carbons (Fsp3) is 0.231. The predicted octanol–water partition coefficient (Wildman–Crippen LogP) is 6.70. The largest absolute Gasteiger partial charge is 0.462 e. The maximum atomic E-state index is 13.2. The first-order valence-corrected chi connectivity index (χ1v) is 11.6. The summed E-state index contributed by atoms with van der Waals surface area (Å²) in [4.78, 5) is 26.2. The van der Waals surface area contributed by atoms with E-state index < -0.39 is 11.9 Å². The van der Waals surface area contributed by atoms with Gasteiger partial charge in [0, 0.05) is 22.0 Å². The number of aromatic nitrogens is 1. The molecule has 2 aliphatic rings. The molecule has 0 radical (unpaired) electrons. The summed E-state index contributed by atoms with van der Waals surface area (Å²) in [6.45, 7) is 7.85. The Labute approximate surface area is 198 Å². The van der Waals surface area contributed by atoms with E-state index in [0.717, 1.165) is 26.8 Å². The van der Waals surface area contributed by atoms with Gasteiger partial charge in [-0.25, -0.2) is 9.59 Å². The predicted molar refractivity (Wildman–Crippen MR) is 131 cm³/mol. The third-order valence-electron chi connectivity index (χ3n) is 6.04. The van der Waals surface area contributed by atoms with E-state index in [0.29, 0.717) is 38.6 Å². The van der Waals surface area contributed by atoms with Crippen molar-refractivity contribution in [2.75, 3.05) is 13.2 Å². The molecular weight excluding hydrogens is 486 g/mol. The van der Waals surface area contributed by atoms with Gasteiger partial charge in [-0.05, 0) is 61.1 Å². The number of pyridine rings is 1. The molecule has 0 fully saturated rings. The lowest BCUT2D eigenvalue weighted by molar-refractivity contribution is 0.0518. The van der Waals surface area contributed by atoms with Crippen LogP contribution >= 0.6 is 15.9 Å². The molecule has 3 aromatic rings. The number of hydrogen-bond acceptors (Lipinski definition) is 5. The molecule has 6 nitrogen and oxygen atoms in total. The quantitative estimate of drug-likeness (QED) is 0.154. The first-order chi connectivity index (χ1) is 15.9. The van der Waals surface area contributed by atoms with E-state index >= 15 is 0 Å². The van der Waals surface area contributed by atoms with Crippen LogP contribution in [0.15, 0.2) is 45.3 Å². The zero-order chi connectivity index (χ0) is 23.4. The first kappa shape index (κ1) is 21.5. The van der Waals surface area contributed by atoms with Crippen molar-refractivity contribution in [3.8, 4) is 5.69 Å². The van der Waals surface area contributed by atoms with Crippen LogP contribution in [0.5, 0.6) is 0 Å². The fourth-order valence-corrected chi connectivity index (χ4v) is 5.19. The van der Waals surface area contributed by atoms with Crippen LogP contribution in [0.2, 0.25) is 0 Å². The highest BCUT2D eigenvalue weighted by Crippen LogP contribution is 2.44. The molecule has 0 saturated carbocycles. The van der Waals surface area contributed by atoms with E-state index in [2.05, 4.69) is 15.9 Å². The monoisotopic (exact) mass is 507 g/mol. The molecular formula is C26H22BrNO5. The molecule has 2 heterocycles. The number of hydrogen-bond donors (Lipinski definition) is 0. The second kappa shape index (κ2) is 7.92. The van der Waals surface area contributed by atoms with Crippen LogP contribution in [-0.2, 0) is 9.47 Å². The Morgan fingerprint density at radius 1 is 0.909 bits per heavy atom. The van der Waals surface area contributed by atoms with Gasteiger partial charge in [0.2, 0.25) is 0 Å². The Morgan fingerprint density at radius 3 is 2.18 bits per heavy atom. The van der Waals surface area contributed by atoms with Crippen molar-refractivity contribution in [1.29, 1.82) is 0 Å². The van der Waals surface area contributed by atoms with Crippen LogP contribution in [0.3, 0.4) is 0 Å². The molecule has 0 spiro atoms. The van der Waals surface area contributed by atoms with Crippen LogP contribution in [0.25, 0.3) is 38.5 Å². The molecule has 3 aromatic carbocycles. The number of benzene rings is 3. The van der Waals surface area contributed by atoms with E-state index in [1.165, 1.54) is 0 Å². The van der Waals surface area contributed by atoms with Crippen LogP contribution in [0.4, 0.5) is 0 Å². The van der Waals surface area contributed by atoms with Crippen LogP contribution in [0.1, 0.15) is 45.8 Å². The molecule has 0 N–H and O–H groups in total. The summed E-state index contributed by atoms with van der Waals surface area (Å²) in [7, 11) is 0. The van der Waals surface area contributed by atoms with Gasteiger partial charge in [-0.3, -0.25) is 0 Å². The van der Waals surface area contributed by atoms with Crippen LogP contribution < -0.4 is 0 Å². The van der Waals surface area contributed by atoms with Crippen molar-refractivity contribution < 1.29 is 23.5 Å². The summed E-state index contributed by atoms with van der Waals surface area (Å²) >= 11 is 3.59. The van der Waals surface area contributed by atoms with Gasteiger partial charge in [-0.1, -0.05) is 24.3 Å². The number of halogens is 1. The van der Waals surface area contributed by atoms with Gasteiger partial charge in [0.1, 0.15) is 0 Å². The Hall–Kier alpha value is -3.32. The maximum absolute atomic E-state index is 13.2. The highest BCUT2D eigenvalue weighted by Gasteiger charge is 2.31. The highest BCUT2D eigenvalue weighted by atomic mass is 79.9. The average molecular weight is 508 g/mol. The molecule has 0 atom stereocenters. The third kappa shape index (κ3) is 2.99. The number of fused-ring (bicyclic) bond motifs is 2. The van der Waals surface area contributed by atoms with Crippen molar-refractivity contribution in [2.45, 2.75) is 27.7 Å². The minimum absolute atomic E-state index is 0.255. The summed E-state index contributed by atoms with van der Waals surface area (Å²) < 4.78 is 20.1. The fourth-order valence-electron chi connectivity index (χ4n) is 4.75. The first-order valence-electron chi connectivity index (χ1n) is 10.8. The van der Waals surface area contributed by atoms with E-state index in [9.17, 15) is 9.59 Å². The minimum Gasteiger partial charge on any atom is -0.462 e. The topological polar surface area (TPSA) is 70.7 Å². The maximum Gasteiger partial charge on any atom is 0.340 e. The van der Waals surface area contributed by atoms with Crippen LogP contribution in [-0.4, -0.2) is 29.7 Å². The number of aryl methyl sites for hydroxylation is 1. The van der Waals surface area contributed by atoms with E-state index in [-0.39, 0.29) is 13.2 Å². The number of nitrogens with zero attached hydrogens (tertiary/aromatic N) is 1. The number of ether oxygens (including phenoxy) is 2.